The summed E-state index contributed by atoms with van der Waals surface area (Å²) in [5, 5.41) is 9.07. The molecule has 1 saturated carbocycles. The second kappa shape index (κ2) is 7.40. The normalized spacial score (nSPS) is 13.9. The van der Waals surface area contributed by atoms with Crippen molar-refractivity contribution in [1.29, 1.82) is 0 Å². The Kier molecular flexibility index (Phi) is 4.96. The lowest BCUT2D eigenvalue weighted by Gasteiger charge is -2.17. The van der Waals surface area contributed by atoms with E-state index in [9.17, 15) is 9.59 Å². The number of carbonyl (C=O) groups excluding carboxylic acids is 1. The first-order valence-electron chi connectivity index (χ1n) is 8.82. The molecule has 9 heteroatoms. The fourth-order valence-electron chi connectivity index (χ4n) is 2.80. The molecule has 0 atom stereocenters. The zero-order chi connectivity index (χ0) is 19.0. The van der Waals surface area contributed by atoms with Crippen LogP contribution < -0.4 is 10.5 Å². The first-order chi connectivity index (χ1) is 13.0. The highest BCUT2D eigenvalue weighted by Gasteiger charge is 2.35. The molecular formula is C18H19N5O2S2. The summed E-state index contributed by atoms with van der Waals surface area (Å²) in [5.74, 6) is 0.615. The van der Waals surface area contributed by atoms with Gasteiger partial charge in [-0.25, -0.2) is 4.98 Å². The second-order valence-corrected chi connectivity index (χ2v) is 8.69. The molecule has 0 spiro atoms. The van der Waals surface area contributed by atoms with Crippen LogP contribution in [0.4, 0.5) is 5.13 Å². The van der Waals surface area contributed by atoms with Crippen molar-refractivity contribution in [3.05, 3.63) is 46.0 Å². The van der Waals surface area contributed by atoms with Crippen molar-refractivity contribution < 1.29 is 4.79 Å². The predicted molar refractivity (Wildman–Crippen MR) is 106 cm³/mol. The smallest absolute Gasteiger partial charge is 0.258 e. The summed E-state index contributed by atoms with van der Waals surface area (Å²) in [4.78, 5) is 30.8. The zero-order valence-corrected chi connectivity index (χ0v) is 16.7. The minimum absolute atomic E-state index is 0.0877. The van der Waals surface area contributed by atoms with Crippen molar-refractivity contribution in [2.24, 2.45) is 0 Å². The van der Waals surface area contributed by atoms with Crippen LogP contribution in [0.15, 0.2) is 33.5 Å². The van der Waals surface area contributed by atoms with E-state index in [4.69, 9.17) is 0 Å². The maximum absolute atomic E-state index is 12.3. The van der Waals surface area contributed by atoms with E-state index in [1.807, 2.05) is 26.0 Å². The van der Waals surface area contributed by atoms with Crippen molar-refractivity contribution in [3.63, 3.8) is 0 Å². The highest BCUT2D eigenvalue weighted by atomic mass is 32.2. The van der Waals surface area contributed by atoms with Crippen LogP contribution in [0, 0.1) is 6.92 Å². The van der Waals surface area contributed by atoms with Crippen molar-refractivity contribution in [3.8, 4) is 0 Å². The number of aryl methyl sites for hydroxylation is 1. The quantitative estimate of drug-likeness (QED) is 0.466. The summed E-state index contributed by atoms with van der Waals surface area (Å²) in [6.45, 7) is 3.80. The highest BCUT2D eigenvalue weighted by Crippen LogP contribution is 2.36. The number of pyridine rings is 1. The van der Waals surface area contributed by atoms with Gasteiger partial charge in [-0.15, -0.1) is 10.2 Å². The van der Waals surface area contributed by atoms with Gasteiger partial charge in [-0.1, -0.05) is 36.1 Å². The molecule has 3 heterocycles. The number of rotatable bonds is 6. The summed E-state index contributed by atoms with van der Waals surface area (Å²) in [5.41, 5.74) is 2.26. The van der Waals surface area contributed by atoms with E-state index in [1.165, 1.54) is 23.1 Å². The molecule has 0 bridgehead atoms. The van der Waals surface area contributed by atoms with Crippen molar-refractivity contribution in [1.82, 2.24) is 19.6 Å². The Labute approximate surface area is 164 Å². The third kappa shape index (κ3) is 3.89. The fraction of sp³-hybridized carbons (Fsp3) is 0.389. The van der Waals surface area contributed by atoms with Crippen molar-refractivity contribution in [2.75, 3.05) is 4.90 Å². The number of hydrogen-bond donors (Lipinski definition) is 0. The number of fused-ring (bicyclic) bond motifs is 1. The first kappa shape index (κ1) is 18.1. The third-order valence-electron chi connectivity index (χ3n) is 4.29. The van der Waals surface area contributed by atoms with E-state index in [0.717, 1.165) is 22.7 Å². The van der Waals surface area contributed by atoms with Crippen LogP contribution >= 0.6 is 23.1 Å². The van der Waals surface area contributed by atoms with Crippen LogP contribution in [-0.4, -0.2) is 31.5 Å². The molecule has 1 fully saturated rings. The molecule has 4 rings (SSSR count). The summed E-state index contributed by atoms with van der Waals surface area (Å²) in [6.07, 6.45) is 4.30. The fourth-order valence-corrected chi connectivity index (χ4v) is 4.62. The van der Waals surface area contributed by atoms with Crippen LogP contribution in [0.5, 0.6) is 0 Å². The van der Waals surface area contributed by atoms with Crippen molar-refractivity contribution >= 4 is 39.8 Å². The number of carbonyl (C=O) groups is 1. The number of amides is 1. The maximum Gasteiger partial charge on any atom is 0.258 e. The molecule has 0 aliphatic heterocycles. The molecule has 0 N–H and O–H groups in total. The number of hydrogen-bond acceptors (Lipinski definition) is 7. The van der Waals surface area contributed by atoms with Gasteiger partial charge in [0, 0.05) is 30.5 Å². The third-order valence-corrected chi connectivity index (χ3v) is 6.38. The minimum atomic E-state index is -0.0919. The summed E-state index contributed by atoms with van der Waals surface area (Å²) in [7, 11) is 0. The summed E-state index contributed by atoms with van der Waals surface area (Å²) < 4.78 is 2.32. The van der Waals surface area contributed by atoms with Crippen LogP contribution in [-0.2, 0) is 10.5 Å². The van der Waals surface area contributed by atoms with Gasteiger partial charge in [0.1, 0.15) is 5.65 Å². The molecule has 7 nitrogen and oxygen atoms in total. The maximum atomic E-state index is 12.3. The number of anilines is 1. The molecule has 0 saturated heterocycles. The van der Waals surface area contributed by atoms with Crippen LogP contribution in [0.25, 0.3) is 5.65 Å². The molecule has 1 aliphatic carbocycles. The molecule has 0 radical (unpaired) electrons. The van der Waals surface area contributed by atoms with Crippen LogP contribution in [0.1, 0.15) is 37.4 Å². The monoisotopic (exact) mass is 401 g/mol. The first-order valence-corrected chi connectivity index (χ1v) is 10.6. The second-order valence-electron chi connectivity index (χ2n) is 6.51. The number of aromatic nitrogens is 4. The molecule has 1 amide bonds. The molecule has 27 heavy (non-hydrogen) atoms. The van der Waals surface area contributed by atoms with E-state index in [1.54, 1.807) is 21.6 Å². The van der Waals surface area contributed by atoms with Gasteiger partial charge in [0.15, 0.2) is 4.34 Å². The van der Waals surface area contributed by atoms with Gasteiger partial charge in [-0.3, -0.25) is 18.9 Å². The minimum Gasteiger partial charge on any atom is -0.284 e. The standard InChI is InChI=1S/C18H19N5O2S2/c1-3-15(24)23(13-5-6-13)17-20-21-18(27-17)26-10-12-8-16(25)22-9-11(2)4-7-14(22)19-12/h4,7-9,13H,3,5-6,10H2,1-2H3. The van der Waals surface area contributed by atoms with E-state index in [2.05, 4.69) is 15.2 Å². The Morgan fingerprint density at radius 2 is 2.19 bits per heavy atom. The Bertz CT molecular complexity index is 1060. The molecular weight excluding hydrogens is 382 g/mol. The van der Waals surface area contributed by atoms with Gasteiger partial charge in [0.2, 0.25) is 11.0 Å². The zero-order valence-electron chi connectivity index (χ0n) is 15.1. The average molecular weight is 402 g/mol. The van der Waals surface area contributed by atoms with E-state index in [-0.39, 0.29) is 17.5 Å². The molecule has 140 valence electrons. The largest absolute Gasteiger partial charge is 0.284 e. The van der Waals surface area contributed by atoms with Crippen LogP contribution in [0.2, 0.25) is 0 Å². The molecule has 0 aromatic carbocycles. The Morgan fingerprint density at radius 1 is 1.37 bits per heavy atom. The van der Waals surface area contributed by atoms with Crippen LogP contribution in [0.3, 0.4) is 0 Å². The van der Waals surface area contributed by atoms with E-state index in [0.29, 0.717) is 28.6 Å². The lowest BCUT2D eigenvalue weighted by atomic mass is 10.3. The molecule has 1 aliphatic rings. The van der Waals surface area contributed by atoms with Gasteiger partial charge < -0.3 is 0 Å². The number of thioether (sulfide) groups is 1. The Morgan fingerprint density at radius 3 is 2.93 bits per heavy atom. The highest BCUT2D eigenvalue weighted by molar-refractivity contribution is 8.00. The van der Waals surface area contributed by atoms with E-state index >= 15 is 0 Å². The topological polar surface area (TPSA) is 80.5 Å². The van der Waals surface area contributed by atoms with E-state index < -0.39 is 0 Å². The molecule has 3 aromatic rings. The Hall–Kier alpha value is -2.26. The van der Waals surface area contributed by atoms with Gasteiger partial charge in [-0.05, 0) is 31.4 Å². The van der Waals surface area contributed by atoms with Gasteiger partial charge in [0.05, 0.1) is 5.69 Å². The molecule has 3 aromatic heterocycles. The summed E-state index contributed by atoms with van der Waals surface area (Å²) >= 11 is 2.90. The van der Waals surface area contributed by atoms with Gasteiger partial charge >= 0.3 is 0 Å². The SMILES string of the molecule is CCC(=O)N(c1nnc(SCc2cc(=O)n3cc(C)ccc3n2)s1)C1CC1. The molecule has 0 unspecified atom stereocenters. The van der Waals surface area contributed by atoms with Gasteiger partial charge in [-0.2, -0.15) is 0 Å². The lowest BCUT2D eigenvalue weighted by molar-refractivity contribution is -0.118. The predicted octanol–water partition coefficient (Wildman–Crippen LogP) is 3.05. The average Bonchev–Trinajstić information content (AvgIpc) is 3.38. The number of nitrogens with zero attached hydrogens (tertiary/aromatic N) is 5. The lowest BCUT2D eigenvalue weighted by Crippen LogP contribution is -2.32. The Balaban J connectivity index is 1.50. The van der Waals surface area contributed by atoms with Gasteiger partial charge in [0.25, 0.3) is 5.56 Å². The van der Waals surface area contributed by atoms with Crippen molar-refractivity contribution in [2.45, 2.75) is 49.2 Å². The summed E-state index contributed by atoms with van der Waals surface area (Å²) in [6, 6.07) is 5.61.